The SMILES string of the molecule is CNC(Cc1cccc(Cl)c1Cl)c1ccccc1Br. The van der Waals surface area contributed by atoms with E-state index in [9.17, 15) is 0 Å². The van der Waals surface area contributed by atoms with E-state index in [0.29, 0.717) is 10.0 Å². The van der Waals surface area contributed by atoms with E-state index in [4.69, 9.17) is 23.2 Å². The summed E-state index contributed by atoms with van der Waals surface area (Å²) in [5.41, 5.74) is 2.25. The molecule has 0 aromatic heterocycles. The second kappa shape index (κ2) is 6.76. The molecular formula is C15H14BrCl2N. The Morgan fingerprint density at radius 1 is 1.11 bits per heavy atom. The molecule has 2 aromatic rings. The van der Waals surface area contributed by atoms with Crippen molar-refractivity contribution in [2.24, 2.45) is 0 Å². The van der Waals surface area contributed by atoms with Gasteiger partial charge in [-0.05, 0) is 36.7 Å². The van der Waals surface area contributed by atoms with Gasteiger partial charge in [-0.25, -0.2) is 0 Å². The maximum absolute atomic E-state index is 6.25. The molecule has 0 aliphatic rings. The molecule has 1 atom stereocenters. The first-order valence-corrected chi connectivity index (χ1v) is 7.53. The number of hydrogen-bond donors (Lipinski definition) is 1. The molecule has 0 saturated heterocycles. The van der Waals surface area contributed by atoms with E-state index in [1.807, 2.05) is 37.4 Å². The van der Waals surface area contributed by atoms with Crippen molar-refractivity contribution in [1.82, 2.24) is 5.32 Å². The molecule has 0 fully saturated rings. The maximum atomic E-state index is 6.25. The molecule has 2 aromatic carbocycles. The van der Waals surface area contributed by atoms with Crippen molar-refractivity contribution in [3.8, 4) is 0 Å². The Labute approximate surface area is 132 Å². The van der Waals surface area contributed by atoms with Gasteiger partial charge in [0.05, 0.1) is 10.0 Å². The van der Waals surface area contributed by atoms with Gasteiger partial charge in [0.1, 0.15) is 0 Å². The second-order valence-electron chi connectivity index (χ2n) is 4.28. The van der Waals surface area contributed by atoms with E-state index in [1.54, 1.807) is 6.07 Å². The molecule has 0 aliphatic carbocycles. The molecule has 0 amide bonds. The zero-order valence-corrected chi connectivity index (χ0v) is 13.6. The highest BCUT2D eigenvalue weighted by atomic mass is 79.9. The van der Waals surface area contributed by atoms with Gasteiger partial charge in [-0.3, -0.25) is 0 Å². The Balaban J connectivity index is 2.30. The molecule has 0 aliphatic heterocycles. The summed E-state index contributed by atoms with van der Waals surface area (Å²) in [7, 11) is 1.95. The van der Waals surface area contributed by atoms with Crippen LogP contribution in [0.5, 0.6) is 0 Å². The molecular weight excluding hydrogens is 345 g/mol. The largest absolute Gasteiger partial charge is 0.313 e. The summed E-state index contributed by atoms with van der Waals surface area (Å²) in [5.74, 6) is 0. The summed E-state index contributed by atoms with van der Waals surface area (Å²) in [6.45, 7) is 0. The summed E-state index contributed by atoms with van der Waals surface area (Å²) >= 11 is 15.9. The Morgan fingerprint density at radius 3 is 2.53 bits per heavy atom. The van der Waals surface area contributed by atoms with Gasteiger partial charge in [0.2, 0.25) is 0 Å². The molecule has 100 valence electrons. The van der Waals surface area contributed by atoms with Gasteiger partial charge in [-0.1, -0.05) is 69.5 Å². The average molecular weight is 359 g/mol. The summed E-state index contributed by atoms with van der Waals surface area (Å²) in [4.78, 5) is 0. The molecule has 1 N–H and O–H groups in total. The standard InChI is InChI=1S/C15H14BrCl2N/c1-19-14(11-6-2-3-7-12(11)16)9-10-5-4-8-13(17)15(10)18/h2-8,14,19H,9H2,1H3. The fourth-order valence-electron chi connectivity index (χ4n) is 2.05. The molecule has 0 saturated carbocycles. The van der Waals surface area contributed by atoms with Crippen LogP contribution in [0.1, 0.15) is 17.2 Å². The van der Waals surface area contributed by atoms with Gasteiger partial charge < -0.3 is 5.32 Å². The Kier molecular flexibility index (Phi) is 5.28. The topological polar surface area (TPSA) is 12.0 Å². The van der Waals surface area contributed by atoms with Crippen molar-refractivity contribution in [3.63, 3.8) is 0 Å². The molecule has 2 rings (SSSR count). The van der Waals surface area contributed by atoms with Crippen LogP contribution < -0.4 is 5.32 Å². The van der Waals surface area contributed by atoms with Crippen LogP contribution in [0.2, 0.25) is 10.0 Å². The summed E-state index contributed by atoms with van der Waals surface area (Å²) in [6, 6.07) is 14.1. The van der Waals surface area contributed by atoms with Crippen molar-refractivity contribution < 1.29 is 0 Å². The molecule has 19 heavy (non-hydrogen) atoms. The smallest absolute Gasteiger partial charge is 0.0624 e. The van der Waals surface area contributed by atoms with E-state index in [1.165, 1.54) is 5.56 Å². The third kappa shape index (κ3) is 3.51. The number of rotatable bonds is 4. The zero-order valence-electron chi connectivity index (χ0n) is 10.5. The van der Waals surface area contributed by atoms with E-state index in [0.717, 1.165) is 16.5 Å². The first kappa shape index (κ1) is 14.9. The predicted octanol–water partition coefficient (Wildman–Crippen LogP) is 5.26. The van der Waals surface area contributed by atoms with Crippen molar-refractivity contribution in [3.05, 3.63) is 68.1 Å². The highest BCUT2D eigenvalue weighted by Gasteiger charge is 2.15. The fraction of sp³-hybridized carbons (Fsp3) is 0.200. The molecule has 0 radical (unpaired) electrons. The third-order valence-corrected chi connectivity index (χ3v) is 4.66. The quantitative estimate of drug-likeness (QED) is 0.786. The lowest BCUT2D eigenvalue weighted by molar-refractivity contribution is 0.590. The van der Waals surface area contributed by atoms with E-state index >= 15 is 0 Å². The highest BCUT2D eigenvalue weighted by molar-refractivity contribution is 9.10. The van der Waals surface area contributed by atoms with Crippen LogP contribution in [-0.4, -0.2) is 7.05 Å². The van der Waals surface area contributed by atoms with Gasteiger partial charge >= 0.3 is 0 Å². The van der Waals surface area contributed by atoms with Crippen LogP contribution >= 0.6 is 39.1 Å². The van der Waals surface area contributed by atoms with Crippen molar-refractivity contribution in [2.75, 3.05) is 7.05 Å². The summed E-state index contributed by atoms with van der Waals surface area (Å²) in [6.07, 6.45) is 0.790. The summed E-state index contributed by atoms with van der Waals surface area (Å²) < 4.78 is 1.09. The van der Waals surface area contributed by atoms with Gasteiger partial charge in [-0.15, -0.1) is 0 Å². The fourth-order valence-corrected chi connectivity index (χ4v) is 3.01. The number of halogens is 3. The Bertz CT molecular complexity index is 572. The highest BCUT2D eigenvalue weighted by Crippen LogP contribution is 2.31. The van der Waals surface area contributed by atoms with Crippen molar-refractivity contribution in [2.45, 2.75) is 12.5 Å². The van der Waals surface area contributed by atoms with Crippen LogP contribution in [0.3, 0.4) is 0 Å². The molecule has 1 unspecified atom stereocenters. The van der Waals surface area contributed by atoms with Crippen molar-refractivity contribution in [1.29, 1.82) is 0 Å². The Hall–Kier alpha value is -0.540. The first-order chi connectivity index (χ1) is 9.13. The minimum absolute atomic E-state index is 0.187. The third-order valence-electron chi connectivity index (χ3n) is 3.08. The zero-order chi connectivity index (χ0) is 13.8. The molecule has 0 spiro atoms. The summed E-state index contributed by atoms with van der Waals surface area (Å²) in [5, 5.41) is 4.56. The van der Waals surface area contributed by atoms with Crippen LogP contribution in [0, 0.1) is 0 Å². The number of benzene rings is 2. The normalized spacial score (nSPS) is 12.4. The lowest BCUT2D eigenvalue weighted by Crippen LogP contribution is -2.19. The molecule has 4 heteroatoms. The van der Waals surface area contributed by atoms with Gasteiger partial charge in [0.15, 0.2) is 0 Å². The lowest BCUT2D eigenvalue weighted by atomic mass is 9.99. The molecule has 1 nitrogen and oxygen atoms in total. The van der Waals surface area contributed by atoms with E-state index < -0.39 is 0 Å². The van der Waals surface area contributed by atoms with Crippen LogP contribution in [0.25, 0.3) is 0 Å². The maximum Gasteiger partial charge on any atom is 0.0624 e. The van der Waals surface area contributed by atoms with Crippen LogP contribution in [0.15, 0.2) is 46.9 Å². The minimum atomic E-state index is 0.187. The van der Waals surface area contributed by atoms with Gasteiger partial charge in [0.25, 0.3) is 0 Å². The van der Waals surface area contributed by atoms with Crippen LogP contribution in [0.4, 0.5) is 0 Å². The number of nitrogens with one attached hydrogen (secondary N) is 1. The first-order valence-electron chi connectivity index (χ1n) is 5.98. The number of likely N-dealkylation sites (N-methyl/N-ethyl adjacent to an activating group) is 1. The van der Waals surface area contributed by atoms with E-state index in [2.05, 4.69) is 27.3 Å². The number of hydrogen-bond acceptors (Lipinski definition) is 1. The molecule has 0 bridgehead atoms. The molecule has 0 heterocycles. The van der Waals surface area contributed by atoms with E-state index in [-0.39, 0.29) is 6.04 Å². The van der Waals surface area contributed by atoms with Crippen LogP contribution in [-0.2, 0) is 6.42 Å². The van der Waals surface area contributed by atoms with Crippen molar-refractivity contribution >= 4 is 39.1 Å². The second-order valence-corrected chi connectivity index (χ2v) is 5.92. The predicted molar refractivity (Wildman–Crippen MR) is 86.1 cm³/mol. The monoisotopic (exact) mass is 357 g/mol. The minimum Gasteiger partial charge on any atom is -0.313 e. The van der Waals surface area contributed by atoms with Gasteiger partial charge in [-0.2, -0.15) is 0 Å². The average Bonchev–Trinajstić information content (AvgIpc) is 2.41. The Morgan fingerprint density at radius 2 is 1.84 bits per heavy atom. The van der Waals surface area contributed by atoms with Gasteiger partial charge in [0, 0.05) is 10.5 Å². The lowest BCUT2D eigenvalue weighted by Gasteiger charge is -2.19.